The van der Waals surface area contributed by atoms with Crippen LogP contribution in [0, 0.1) is 0 Å². The number of sulfone groups is 1. The molecule has 0 saturated heterocycles. The predicted octanol–water partition coefficient (Wildman–Crippen LogP) is 6.68. The molecule has 0 aliphatic rings. The lowest BCUT2D eigenvalue weighted by Crippen LogP contribution is -2.04. The molecule has 6 aromatic rings. The van der Waals surface area contributed by atoms with Crippen molar-refractivity contribution >= 4 is 31.6 Å². The average molecular weight is 461 g/mol. The predicted molar refractivity (Wildman–Crippen MR) is 136 cm³/mol. The van der Waals surface area contributed by atoms with Crippen LogP contribution in [-0.4, -0.2) is 18.0 Å². The zero-order chi connectivity index (χ0) is 23.1. The molecular formula is C29H20N2O2S. The first-order valence-electron chi connectivity index (χ1n) is 11.0. The Bertz CT molecular complexity index is 1760. The number of para-hydroxylation sites is 2. The summed E-state index contributed by atoms with van der Waals surface area (Å²) in [5.41, 5.74) is 4.79. The smallest absolute Gasteiger partial charge is 0.223 e. The number of fused-ring (bicyclic) bond motifs is 3. The van der Waals surface area contributed by atoms with Crippen LogP contribution in [0.5, 0.6) is 0 Å². The molecule has 0 spiro atoms. The minimum Gasteiger partial charge on any atom is -0.309 e. The molecule has 0 radical (unpaired) electrons. The SMILES string of the molecule is O=S(=O)(c1ccccc1)c1cccc(-c2ccc3c(c2)c2ccccc2n3-c2ccccc2)n1. The van der Waals surface area contributed by atoms with Crippen LogP contribution in [-0.2, 0) is 9.84 Å². The molecule has 0 aliphatic heterocycles. The summed E-state index contributed by atoms with van der Waals surface area (Å²) in [6, 6.07) is 38.3. The fraction of sp³-hybridized carbons (Fsp3) is 0. The number of nitrogens with zero attached hydrogens (tertiary/aromatic N) is 2. The number of pyridine rings is 1. The lowest BCUT2D eigenvalue weighted by atomic mass is 10.1. The Morgan fingerprint density at radius 2 is 1.26 bits per heavy atom. The van der Waals surface area contributed by atoms with Gasteiger partial charge in [0.15, 0.2) is 5.03 Å². The highest BCUT2D eigenvalue weighted by atomic mass is 32.2. The van der Waals surface area contributed by atoms with E-state index in [1.165, 1.54) is 0 Å². The van der Waals surface area contributed by atoms with E-state index in [1.807, 2.05) is 42.5 Å². The van der Waals surface area contributed by atoms with Gasteiger partial charge in [0, 0.05) is 22.0 Å². The molecule has 5 heteroatoms. The van der Waals surface area contributed by atoms with Crippen LogP contribution in [0.25, 0.3) is 38.8 Å². The number of hydrogen-bond donors (Lipinski definition) is 0. The van der Waals surface area contributed by atoms with Crippen LogP contribution >= 0.6 is 0 Å². The Balaban J connectivity index is 1.53. The van der Waals surface area contributed by atoms with E-state index in [2.05, 4.69) is 45.9 Å². The molecule has 0 aliphatic carbocycles. The van der Waals surface area contributed by atoms with Crippen molar-refractivity contribution in [2.24, 2.45) is 0 Å². The lowest BCUT2D eigenvalue weighted by molar-refractivity contribution is 0.592. The van der Waals surface area contributed by atoms with E-state index in [0.717, 1.165) is 33.1 Å². The average Bonchev–Trinajstić information content (AvgIpc) is 3.23. The second-order valence-electron chi connectivity index (χ2n) is 8.10. The third-order valence-electron chi connectivity index (χ3n) is 6.04. The van der Waals surface area contributed by atoms with Gasteiger partial charge in [0.1, 0.15) is 0 Å². The number of hydrogen-bond acceptors (Lipinski definition) is 3. The van der Waals surface area contributed by atoms with Gasteiger partial charge in [0.25, 0.3) is 0 Å². The summed E-state index contributed by atoms with van der Waals surface area (Å²) < 4.78 is 28.4. The monoisotopic (exact) mass is 460 g/mol. The van der Waals surface area contributed by atoms with Gasteiger partial charge in [-0.25, -0.2) is 13.4 Å². The summed E-state index contributed by atoms with van der Waals surface area (Å²) >= 11 is 0. The van der Waals surface area contributed by atoms with Gasteiger partial charge in [0.2, 0.25) is 9.84 Å². The maximum atomic E-state index is 13.1. The third-order valence-corrected chi connectivity index (χ3v) is 7.71. The van der Waals surface area contributed by atoms with E-state index in [-0.39, 0.29) is 9.92 Å². The van der Waals surface area contributed by atoms with Crippen LogP contribution < -0.4 is 0 Å². The Morgan fingerprint density at radius 3 is 2.06 bits per heavy atom. The standard InChI is InChI=1S/C29H20N2O2S/c32-34(33,23-12-5-2-6-13-23)29-17-9-15-26(30-29)21-18-19-28-25(20-21)24-14-7-8-16-27(24)31(28)22-10-3-1-4-11-22/h1-20H. The van der Waals surface area contributed by atoms with E-state index in [9.17, 15) is 8.42 Å². The minimum absolute atomic E-state index is 0.0445. The summed E-state index contributed by atoms with van der Waals surface area (Å²) in [6.07, 6.45) is 0. The van der Waals surface area contributed by atoms with E-state index >= 15 is 0 Å². The molecule has 0 fully saturated rings. The molecule has 4 aromatic carbocycles. The first-order valence-corrected chi connectivity index (χ1v) is 12.5. The van der Waals surface area contributed by atoms with Crippen molar-refractivity contribution in [1.82, 2.24) is 9.55 Å². The van der Waals surface area contributed by atoms with Crippen molar-refractivity contribution in [2.75, 3.05) is 0 Å². The molecule has 4 nitrogen and oxygen atoms in total. The van der Waals surface area contributed by atoms with Gasteiger partial charge in [-0.05, 0) is 54.6 Å². The summed E-state index contributed by atoms with van der Waals surface area (Å²) in [7, 11) is -3.69. The number of aromatic nitrogens is 2. The Hall–Kier alpha value is -4.22. The van der Waals surface area contributed by atoms with Crippen LogP contribution in [0.15, 0.2) is 131 Å². The molecule has 0 atom stereocenters. The van der Waals surface area contributed by atoms with E-state index in [1.54, 1.807) is 42.5 Å². The maximum absolute atomic E-state index is 13.1. The zero-order valence-corrected chi connectivity index (χ0v) is 19.0. The summed E-state index contributed by atoms with van der Waals surface area (Å²) in [6.45, 7) is 0. The lowest BCUT2D eigenvalue weighted by Gasteiger charge is -2.09. The molecule has 164 valence electrons. The molecule has 0 saturated carbocycles. The largest absolute Gasteiger partial charge is 0.309 e. The van der Waals surface area contributed by atoms with Crippen molar-refractivity contribution < 1.29 is 8.42 Å². The Labute approximate surface area is 197 Å². The van der Waals surface area contributed by atoms with Crippen molar-refractivity contribution in [1.29, 1.82) is 0 Å². The van der Waals surface area contributed by atoms with E-state index in [4.69, 9.17) is 0 Å². The first kappa shape index (κ1) is 20.4. The molecule has 2 heterocycles. The molecule has 0 bridgehead atoms. The third kappa shape index (κ3) is 3.29. The quantitative estimate of drug-likeness (QED) is 0.295. The van der Waals surface area contributed by atoms with Crippen molar-refractivity contribution in [3.8, 4) is 16.9 Å². The molecule has 0 amide bonds. The highest BCUT2D eigenvalue weighted by Crippen LogP contribution is 2.34. The molecule has 6 rings (SSSR count). The van der Waals surface area contributed by atoms with Gasteiger partial charge >= 0.3 is 0 Å². The van der Waals surface area contributed by atoms with Crippen LogP contribution in [0.1, 0.15) is 0 Å². The van der Waals surface area contributed by atoms with Crippen LogP contribution in [0.2, 0.25) is 0 Å². The van der Waals surface area contributed by atoms with Crippen molar-refractivity contribution in [3.05, 3.63) is 121 Å². The van der Waals surface area contributed by atoms with Crippen LogP contribution in [0.4, 0.5) is 0 Å². The summed E-state index contributed by atoms with van der Waals surface area (Å²) in [4.78, 5) is 4.79. The fourth-order valence-electron chi connectivity index (χ4n) is 4.43. The number of benzene rings is 4. The molecule has 0 unspecified atom stereocenters. The number of rotatable bonds is 4. The fourth-order valence-corrected chi connectivity index (χ4v) is 5.67. The normalized spacial score (nSPS) is 11.8. The van der Waals surface area contributed by atoms with E-state index in [0.29, 0.717) is 5.69 Å². The first-order chi connectivity index (χ1) is 16.6. The van der Waals surface area contributed by atoms with Crippen molar-refractivity contribution in [2.45, 2.75) is 9.92 Å². The topological polar surface area (TPSA) is 52.0 Å². The second kappa shape index (κ2) is 7.97. The summed E-state index contributed by atoms with van der Waals surface area (Å²) in [5, 5.41) is 2.27. The van der Waals surface area contributed by atoms with Crippen molar-refractivity contribution in [3.63, 3.8) is 0 Å². The highest BCUT2D eigenvalue weighted by molar-refractivity contribution is 7.91. The Kier molecular flexibility index (Phi) is 4.78. The van der Waals surface area contributed by atoms with Gasteiger partial charge < -0.3 is 4.57 Å². The van der Waals surface area contributed by atoms with Gasteiger partial charge in [0.05, 0.1) is 21.6 Å². The zero-order valence-electron chi connectivity index (χ0n) is 18.2. The molecule has 2 aromatic heterocycles. The molecule has 0 N–H and O–H groups in total. The minimum atomic E-state index is -3.69. The maximum Gasteiger partial charge on any atom is 0.223 e. The second-order valence-corrected chi connectivity index (χ2v) is 9.99. The van der Waals surface area contributed by atoms with Gasteiger partial charge in [-0.15, -0.1) is 0 Å². The van der Waals surface area contributed by atoms with Gasteiger partial charge in [-0.3, -0.25) is 0 Å². The van der Waals surface area contributed by atoms with Crippen LogP contribution in [0.3, 0.4) is 0 Å². The molecular weight excluding hydrogens is 440 g/mol. The van der Waals surface area contributed by atoms with E-state index < -0.39 is 9.84 Å². The molecule has 34 heavy (non-hydrogen) atoms. The highest BCUT2D eigenvalue weighted by Gasteiger charge is 2.20. The van der Waals surface area contributed by atoms with Gasteiger partial charge in [-0.2, -0.15) is 0 Å². The Morgan fingerprint density at radius 1 is 0.588 bits per heavy atom. The summed E-state index contributed by atoms with van der Waals surface area (Å²) in [5.74, 6) is 0. The van der Waals surface area contributed by atoms with Gasteiger partial charge in [-0.1, -0.05) is 66.7 Å².